The van der Waals surface area contributed by atoms with Gasteiger partial charge < -0.3 is 14.8 Å². The minimum Gasteiger partial charge on any atom is -0.482 e. The van der Waals surface area contributed by atoms with Crippen LogP contribution in [0.1, 0.15) is 19.8 Å². The topological polar surface area (TPSA) is 67.9 Å². The molecular weight excluding hydrogens is 284 g/mol. The monoisotopic (exact) mass is 304 g/mol. The molecule has 1 aromatic rings. The second kappa shape index (κ2) is 6.36. The van der Waals surface area contributed by atoms with Crippen LogP contribution in [0.5, 0.6) is 5.75 Å². The number of rotatable bonds is 4. The quantitative estimate of drug-likeness (QED) is 0.904. The normalized spacial score (nSPS) is 22.0. The van der Waals surface area contributed by atoms with Gasteiger partial charge in [-0.15, -0.1) is 0 Å². The van der Waals surface area contributed by atoms with Gasteiger partial charge in [-0.3, -0.25) is 14.5 Å². The van der Waals surface area contributed by atoms with Gasteiger partial charge in [0, 0.05) is 6.61 Å². The van der Waals surface area contributed by atoms with Gasteiger partial charge in [-0.2, -0.15) is 0 Å². The predicted molar refractivity (Wildman–Crippen MR) is 80.9 cm³/mol. The van der Waals surface area contributed by atoms with Crippen molar-refractivity contribution < 1.29 is 19.1 Å². The minimum atomic E-state index is -0.210. The Morgan fingerprint density at radius 3 is 3.05 bits per heavy atom. The molecule has 2 aliphatic heterocycles. The molecule has 0 aliphatic carbocycles. The average molecular weight is 304 g/mol. The number of para-hydroxylation sites is 2. The maximum absolute atomic E-state index is 12.2. The lowest BCUT2D eigenvalue weighted by atomic mass is 10.1. The van der Waals surface area contributed by atoms with E-state index >= 15 is 0 Å². The number of carbonyl (C=O) groups excluding carboxylic acids is 2. The number of hydrogen-bond acceptors (Lipinski definition) is 4. The van der Waals surface area contributed by atoms with Gasteiger partial charge in [0.2, 0.25) is 5.91 Å². The molecule has 2 heterocycles. The van der Waals surface area contributed by atoms with Crippen LogP contribution in [-0.4, -0.2) is 43.7 Å². The molecule has 2 aliphatic rings. The summed E-state index contributed by atoms with van der Waals surface area (Å²) in [6.07, 6.45) is 2.05. The highest BCUT2D eigenvalue weighted by Crippen LogP contribution is 2.31. The summed E-state index contributed by atoms with van der Waals surface area (Å²) in [6, 6.07) is 7.18. The number of nitrogens with one attached hydrogen (secondary N) is 1. The Balaban J connectivity index is 1.64. The molecule has 6 heteroatoms. The minimum absolute atomic E-state index is 0.00370. The van der Waals surface area contributed by atoms with E-state index in [-0.39, 0.29) is 37.1 Å². The number of carbonyl (C=O) groups is 2. The van der Waals surface area contributed by atoms with E-state index in [2.05, 4.69) is 5.32 Å². The fourth-order valence-electron chi connectivity index (χ4n) is 2.86. The molecule has 1 fully saturated rings. The standard InChI is InChI=1S/C16H20N2O4/c1-11(13-7-4-8-21-13)17-15(19)9-18-12-5-2-3-6-14(12)22-10-16(18)20/h2-3,5-6,11,13H,4,7-10H2,1H3,(H,17,19). The van der Waals surface area contributed by atoms with Crippen LogP contribution in [0.3, 0.4) is 0 Å². The zero-order valence-corrected chi connectivity index (χ0v) is 12.6. The van der Waals surface area contributed by atoms with Gasteiger partial charge in [0.25, 0.3) is 5.91 Å². The molecule has 118 valence electrons. The van der Waals surface area contributed by atoms with Crippen molar-refractivity contribution in [3.8, 4) is 5.75 Å². The molecule has 2 unspecified atom stereocenters. The van der Waals surface area contributed by atoms with Crippen molar-refractivity contribution in [1.82, 2.24) is 5.32 Å². The second-order valence-electron chi connectivity index (χ2n) is 5.64. The molecule has 0 spiro atoms. The van der Waals surface area contributed by atoms with E-state index in [4.69, 9.17) is 9.47 Å². The lowest BCUT2D eigenvalue weighted by Gasteiger charge is -2.29. The zero-order valence-electron chi connectivity index (χ0n) is 12.6. The van der Waals surface area contributed by atoms with Crippen molar-refractivity contribution in [2.75, 3.05) is 24.7 Å². The van der Waals surface area contributed by atoms with Crippen molar-refractivity contribution >= 4 is 17.5 Å². The molecule has 1 N–H and O–H groups in total. The van der Waals surface area contributed by atoms with Crippen molar-refractivity contribution in [2.45, 2.75) is 31.9 Å². The van der Waals surface area contributed by atoms with Crippen LogP contribution >= 0.6 is 0 Å². The summed E-state index contributed by atoms with van der Waals surface area (Å²) in [6.45, 7) is 2.64. The predicted octanol–water partition coefficient (Wildman–Crippen LogP) is 1.10. The summed E-state index contributed by atoms with van der Waals surface area (Å²) in [5.41, 5.74) is 0.638. The third-order valence-electron chi connectivity index (χ3n) is 4.02. The number of benzene rings is 1. The highest BCUT2D eigenvalue weighted by Gasteiger charge is 2.29. The van der Waals surface area contributed by atoms with Gasteiger partial charge in [0.1, 0.15) is 12.3 Å². The van der Waals surface area contributed by atoms with Crippen molar-refractivity contribution in [3.05, 3.63) is 24.3 Å². The second-order valence-corrected chi connectivity index (χ2v) is 5.64. The van der Waals surface area contributed by atoms with Crippen LogP contribution in [0.25, 0.3) is 0 Å². The molecule has 1 aromatic carbocycles. The van der Waals surface area contributed by atoms with Gasteiger partial charge in [0.15, 0.2) is 6.61 Å². The number of anilines is 1. The van der Waals surface area contributed by atoms with Crippen LogP contribution in [0.4, 0.5) is 5.69 Å². The third kappa shape index (κ3) is 3.06. The molecule has 6 nitrogen and oxygen atoms in total. The summed E-state index contributed by atoms with van der Waals surface area (Å²) in [5.74, 6) is 0.230. The van der Waals surface area contributed by atoms with E-state index in [9.17, 15) is 9.59 Å². The molecule has 22 heavy (non-hydrogen) atoms. The summed E-state index contributed by atoms with van der Waals surface area (Å²) < 4.78 is 10.9. The van der Waals surface area contributed by atoms with Crippen LogP contribution in [-0.2, 0) is 14.3 Å². The molecule has 0 saturated carbocycles. The van der Waals surface area contributed by atoms with Crippen LogP contribution in [0, 0.1) is 0 Å². The number of nitrogens with zero attached hydrogens (tertiary/aromatic N) is 1. The van der Waals surface area contributed by atoms with Crippen LogP contribution in [0.15, 0.2) is 24.3 Å². The van der Waals surface area contributed by atoms with E-state index in [1.807, 2.05) is 19.1 Å². The summed E-state index contributed by atoms with van der Waals surface area (Å²) in [4.78, 5) is 25.7. The first-order valence-electron chi connectivity index (χ1n) is 7.58. The zero-order chi connectivity index (χ0) is 15.5. The van der Waals surface area contributed by atoms with E-state index in [0.29, 0.717) is 11.4 Å². The van der Waals surface area contributed by atoms with Gasteiger partial charge >= 0.3 is 0 Å². The summed E-state index contributed by atoms with van der Waals surface area (Å²) in [5, 5.41) is 2.92. The Bertz CT molecular complexity index is 569. The van der Waals surface area contributed by atoms with E-state index in [1.54, 1.807) is 12.1 Å². The Morgan fingerprint density at radius 1 is 1.45 bits per heavy atom. The number of hydrogen-bond donors (Lipinski definition) is 1. The Labute approximate surface area is 129 Å². The van der Waals surface area contributed by atoms with Crippen LogP contribution < -0.4 is 15.0 Å². The molecule has 0 aromatic heterocycles. The van der Waals surface area contributed by atoms with Gasteiger partial charge in [-0.1, -0.05) is 12.1 Å². The Hall–Kier alpha value is -2.08. The van der Waals surface area contributed by atoms with E-state index in [0.717, 1.165) is 19.4 Å². The summed E-state index contributed by atoms with van der Waals surface area (Å²) >= 11 is 0. The lowest BCUT2D eigenvalue weighted by molar-refractivity contribution is -0.126. The number of amides is 2. The Morgan fingerprint density at radius 2 is 2.27 bits per heavy atom. The SMILES string of the molecule is CC(NC(=O)CN1C(=O)COc2ccccc21)C1CCCO1. The molecule has 0 bridgehead atoms. The molecule has 3 rings (SSSR count). The first kappa shape index (κ1) is 14.8. The van der Waals surface area contributed by atoms with Crippen molar-refractivity contribution in [2.24, 2.45) is 0 Å². The highest BCUT2D eigenvalue weighted by molar-refractivity contribution is 6.02. The number of ether oxygens (including phenoxy) is 2. The molecular formula is C16H20N2O4. The fraction of sp³-hybridized carbons (Fsp3) is 0.500. The maximum Gasteiger partial charge on any atom is 0.265 e. The van der Waals surface area contributed by atoms with Crippen molar-refractivity contribution in [1.29, 1.82) is 0 Å². The molecule has 1 saturated heterocycles. The summed E-state index contributed by atoms with van der Waals surface area (Å²) in [7, 11) is 0. The highest BCUT2D eigenvalue weighted by atomic mass is 16.5. The first-order valence-corrected chi connectivity index (χ1v) is 7.58. The van der Waals surface area contributed by atoms with Crippen molar-refractivity contribution in [3.63, 3.8) is 0 Å². The lowest BCUT2D eigenvalue weighted by Crippen LogP contribution is -2.49. The average Bonchev–Trinajstić information content (AvgIpc) is 3.04. The third-order valence-corrected chi connectivity index (χ3v) is 4.02. The van der Waals surface area contributed by atoms with Gasteiger partial charge in [0.05, 0.1) is 17.8 Å². The number of fused-ring (bicyclic) bond motifs is 1. The van der Waals surface area contributed by atoms with E-state index < -0.39 is 0 Å². The van der Waals surface area contributed by atoms with E-state index in [1.165, 1.54) is 4.90 Å². The fourth-order valence-corrected chi connectivity index (χ4v) is 2.86. The molecule has 0 radical (unpaired) electrons. The van der Waals surface area contributed by atoms with Gasteiger partial charge in [-0.25, -0.2) is 0 Å². The first-order chi connectivity index (χ1) is 10.6. The molecule has 2 atom stereocenters. The maximum atomic E-state index is 12.2. The molecule has 2 amide bonds. The largest absolute Gasteiger partial charge is 0.482 e. The smallest absolute Gasteiger partial charge is 0.265 e. The Kier molecular flexibility index (Phi) is 4.29. The van der Waals surface area contributed by atoms with Crippen LogP contribution in [0.2, 0.25) is 0 Å². The van der Waals surface area contributed by atoms with Gasteiger partial charge in [-0.05, 0) is 31.9 Å².